The van der Waals surface area contributed by atoms with Gasteiger partial charge >= 0.3 is 12.0 Å². The van der Waals surface area contributed by atoms with E-state index in [1.165, 1.54) is 5.01 Å². The first-order chi connectivity index (χ1) is 15.1. The molecule has 0 unspecified atom stereocenters. The lowest BCUT2D eigenvalue weighted by Crippen LogP contribution is -2.52. The van der Waals surface area contributed by atoms with Crippen molar-refractivity contribution in [1.82, 2.24) is 20.4 Å². The van der Waals surface area contributed by atoms with Crippen molar-refractivity contribution < 1.29 is 24.9 Å². The number of aliphatic carboxylic acids is 1. The summed E-state index contributed by atoms with van der Waals surface area (Å²) in [7, 11) is 0. The van der Waals surface area contributed by atoms with Crippen molar-refractivity contribution in [2.75, 3.05) is 6.54 Å². The molecule has 1 amide bonds. The molecule has 0 saturated heterocycles. The SMILES string of the molecule is C[C@@](O)(CN(Cc1ccc(-c2cccc(Cl)c2)cc1)NC(=O)c1cnc(O)nc1)C(=O)O. The maximum absolute atomic E-state index is 12.5. The number of carbonyl (C=O) groups is 2. The van der Waals surface area contributed by atoms with Crippen LogP contribution in [0.15, 0.2) is 60.9 Å². The number of carboxylic acids is 1. The van der Waals surface area contributed by atoms with Crippen LogP contribution in [-0.4, -0.2) is 54.3 Å². The summed E-state index contributed by atoms with van der Waals surface area (Å²) in [5.74, 6) is -2.05. The summed E-state index contributed by atoms with van der Waals surface area (Å²) in [5, 5.41) is 30.6. The number of halogens is 1. The number of carboxylic acid groups (broad SMARTS) is 1. The van der Waals surface area contributed by atoms with Crippen molar-refractivity contribution in [2.24, 2.45) is 0 Å². The maximum atomic E-state index is 12.5. The minimum absolute atomic E-state index is 0.0547. The third-order valence-electron chi connectivity index (χ3n) is 4.60. The fourth-order valence-electron chi connectivity index (χ4n) is 2.91. The molecule has 0 saturated carbocycles. The van der Waals surface area contributed by atoms with E-state index in [2.05, 4.69) is 15.4 Å². The zero-order chi connectivity index (χ0) is 23.3. The standard InChI is InChI=1S/C22H21ClN4O5/c1-22(32,20(29)30)13-27(26-19(28)17-10-24-21(31)25-11-17)12-14-5-7-15(8-6-14)16-3-2-4-18(23)9-16/h2-11,32H,12-13H2,1H3,(H,26,28)(H,29,30)(H,24,25,31)/t22-/m1/s1. The van der Waals surface area contributed by atoms with Gasteiger partial charge in [-0.3, -0.25) is 10.2 Å². The normalized spacial score (nSPS) is 12.9. The number of nitrogens with one attached hydrogen (secondary N) is 1. The fraction of sp³-hybridized carbons (Fsp3) is 0.182. The molecule has 3 aromatic rings. The van der Waals surface area contributed by atoms with Gasteiger partial charge in [0.15, 0.2) is 5.60 Å². The summed E-state index contributed by atoms with van der Waals surface area (Å²) in [4.78, 5) is 31.0. The number of hydrogen-bond acceptors (Lipinski definition) is 7. The molecule has 0 radical (unpaired) electrons. The zero-order valence-electron chi connectivity index (χ0n) is 17.1. The molecular weight excluding hydrogens is 436 g/mol. The molecule has 1 aromatic heterocycles. The zero-order valence-corrected chi connectivity index (χ0v) is 17.8. The molecule has 0 fully saturated rings. The first kappa shape index (κ1) is 23.1. The number of hydrogen-bond donors (Lipinski definition) is 4. The highest BCUT2D eigenvalue weighted by molar-refractivity contribution is 6.30. The third-order valence-corrected chi connectivity index (χ3v) is 4.84. The van der Waals surface area contributed by atoms with Crippen molar-refractivity contribution in [3.8, 4) is 17.1 Å². The van der Waals surface area contributed by atoms with E-state index < -0.39 is 23.5 Å². The monoisotopic (exact) mass is 456 g/mol. The molecule has 10 heteroatoms. The summed E-state index contributed by atoms with van der Waals surface area (Å²) < 4.78 is 0. The van der Waals surface area contributed by atoms with Gasteiger partial charge < -0.3 is 15.3 Å². The first-order valence-corrected chi connectivity index (χ1v) is 9.89. The van der Waals surface area contributed by atoms with Gasteiger partial charge in [0.2, 0.25) is 0 Å². The van der Waals surface area contributed by atoms with Gasteiger partial charge in [-0.2, -0.15) is 0 Å². The van der Waals surface area contributed by atoms with E-state index in [0.29, 0.717) is 5.02 Å². The highest BCUT2D eigenvalue weighted by Gasteiger charge is 2.33. The molecule has 4 N–H and O–H groups in total. The molecule has 3 rings (SSSR count). The lowest BCUT2D eigenvalue weighted by atomic mass is 10.0. The fourth-order valence-corrected chi connectivity index (χ4v) is 3.10. The number of amides is 1. The summed E-state index contributed by atoms with van der Waals surface area (Å²) in [6.45, 7) is 0.868. The smallest absolute Gasteiger partial charge is 0.336 e. The Hall–Kier alpha value is -3.53. The summed E-state index contributed by atoms with van der Waals surface area (Å²) in [6.07, 6.45) is 2.26. The summed E-state index contributed by atoms with van der Waals surface area (Å²) >= 11 is 6.05. The van der Waals surface area contributed by atoms with Gasteiger partial charge in [-0.15, -0.1) is 0 Å². The number of benzene rings is 2. The van der Waals surface area contributed by atoms with Gasteiger partial charge in [0.1, 0.15) is 0 Å². The minimum Gasteiger partial charge on any atom is -0.479 e. The van der Waals surface area contributed by atoms with Gasteiger partial charge in [-0.1, -0.05) is 48.0 Å². The van der Waals surface area contributed by atoms with Crippen molar-refractivity contribution in [3.05, 3.63) is 77.1 Å². The second-order valence-electron chi connectivity index (χ2n) is 7.36. The predicted molar refractivity (Wildman–Crippen MR) is 117 cm³/mol. The second kappa shape index (κ2) is 9.73. The van der Waals surface area contributed by atoms with E-state index in [1.54, 1.807) is 6.07 Å². The number of nitrogens with zero attached hydrogens (tertiary/aromatic N) is 3. The molecule has 0 aliphatic rings. The van der Waals surface area contributed by atoms with Crippen molar-refractivity contribution in [2.45, 2.75) is 19.1 Å². The maximum Gasteiger partial charge on any atom is 0.336 e. The highest BCUT2D eigenvalue weighted by Crippen LogP contribution is 2.23. The van der Waals surface area contributed by atoms with Gasteiger partial charge in [-0.05, 0) is 35.7 Å². The number of aliphatic hydroxyl groups is 1. The number of carbonyl (C=O) groups excluding carboxylic acids is 1. The Labute approximate surface area is 188 Å². The van der Waals surface area contributed by atoms with Gasteiger partial charge in [0.05, 0.1) is 12.1 Å². The average Bonchev–Trinajstić information content (AvgIpc) is 2.74. The van der Waals surface area contributed by atoms with E-state index in [-0.39, 0.29) is 18.7 Å². The van der Waals surface area contributed by atoms with Crippen LogP contribution in [0.1, 0.15) is 22.8 Å². The average molecular weight is 457 g/mol. The number of aromatic nitrogens is 2. The van der Waals surface area contributed by atoms with Crippen molar-refractivity contribution >= 4 is 23.5 Å². The predicted octanol–water partition coefficient (Wildman–Crippen LogP) is 2.49. The Bertz CT molecular complexity index is 1100. The number of hydrazine groups is 1. The van der Waals surface area contributed by atoms with E-state index >= 15 is 0 Å². The van der Waals surface area contributed by atoms with E-state index in [4.69, 9.17) is 11.6 Å². The number of aromatic hydroxyl groups is 1. The molecule has 0 aliphatic heterocycles. The first-order valence-electron chi connectivity index (χ1n) is 9.51. The Morgan fingerprint density at radius 2 is 1.75 bits per heavy atom. The molecule has 1 heterocycles. The van der Waals surface area contributed by atoms with Crippen molar-refractivity contribution in [1.29, 1.82) is 0 Å². The molecule has 32 heavy (non-hydrogen) atoms. The largest absolute Gasteiger partial charge is 0.479 e. The lowest BCUT2D eigenvalue weighted by molar-refractivity contribution is -0.159. The topological polar surface area (TPSA) is 136 Å². The molecular formula is C22H21ClN4O5. The molecule has 2 aromatic carbocycles. The van der Waals surface area contributed by atoms with E-state index in [1.807, 2.05) is 42.5 Å². The van der Waals surface area contributed by atoms with Crippen LogP contribution in [-0.2, 0) is 11.3 Å². The minimum atomic E-state index is -2.11. The van der Waals surface area contributed by atoms with Gasteiger partial charge in [0.25, 0.3) is 5.91 Å². The lowest BCUT2D eigenvalue weighted by Gasteiger charge is -2.29. The highest BCUT2D eigenvalue weighted by atomic mass is 35.5. The molecule has 1 atom stereocenters. The molecule has 0 bridgehead atoms. The molecule has 0 spiro atoms. The Morgan fingerprint density at radius 1 is 1.09 bits per heavy atom. The van der Waals surface area contributed by atoms with Crippen LogP contribution in [0.5, 0.6) is 6.01 Å². The Kier molecular flexibility index (Phi) is 7.04. The summed E-state index contributed by atoms with van der Waals surface area (Å²) in [6, 6.07) is 14.3. The van der Waals surface area contributed by atoms with Crippen LogP contribution >= 0.6 is 11.6 Å². The quantitative estimate of drug-likeness (QED) is 0.379. The second-order valence-corrected chi connectivity index (χ2v) is 7.79. The third kappa shape index (κ3) is 6.01. The van der Waals surface area contributed by atoms with Crippen LogP contribution in [0, 0.1) is 0 Å². The van der Waals surface area contributed by atoms with Gasteiger partial charge in [-0.25, -0.2) is 19.8 Å². The van der Waals surface area contributed by atoms with Crippen LogP contribution in [0.2, 0.25) is 5.02 Å². The van der Waals surface area contributed by atoms with Crippen molar-refractivity contribution in [3.63, 3.8) is 0 Å². The van der Waals surface area contributed by atoms with E-state index in [0.717, 1.165) is 36.0 Å². The van der Waals surface area contributed by atoms with Crippen LogP contribution in [0.4, 0.5) is 0 Å². The van der Waals surface area contributed by atoms with Crippen LogP contribution < -0.4 is 5.43 Å². The number of rotatable bonds is 8. The van der Waals surface area contributed by atoms with Gasteiger partial charge in [0, 0.05) is 24.0 Å². The van der Waals surface area contributed by atoms with Crippen LogP contribution in [0.3, 0.4) is 0 Å². The molecule has 166 valence electrons. The Balaban J connectivity index is 1.79. The molecule has 0 aliphatic carbocycles. The molecule has 9 nitrogen and oxygen atoms in total. The Morgan fingerprint density at radius 3 is 2.34 bits per heavy atom. The summed E-state index contributed by atoms with van der Waals surface area (Å²) in [5.41, 5.74) is 3.14. The van der Waals surface area contributed by atoms with E-state index in [9.17, 15) is 24.9 Å². The van der Waals surface area contributed by atoms with Crippen LogP contribution in [0.25, 0.3) is 11.1 Å².